The van der Waals surface area contributed by atoms with Crippen LogP contribution in [0.15, 0.2) is 88.9 Å². The number of sulfonamides is 1. The summed E-state index contributed by atoms with van der Waals surface area (Å²) in [6.07, 6.45) is -4.69. The largest absolute Gasteiger partial charge is 0.494 e. The molecule has 1 amide bonds. The number of benzene rings is 3. The van der Waals surface area contributed by atoms with Crippen molar-refractivity contribution >= 4 is 27.3 Å². The van der Waals surface area contributed by atoms with Gasteiger partial charge in [0.25, 0.3) is 15.9 Å². The van der Waals surface area contributed by atoms with Gasteiger partial charge in [0.05, 0.1) is 28.5 Å². The van der Waals surface area contributed by atoms with Crippen molar-refractivity contribution in [2.45, 2.75) is 24.9 Å². The molecule has 0 atom stereocenters. The van der Waals surface area contributed by atoms with E-state index in [1.165, 1.54) is 30.3 Å². The first-order chi connectivity index (χ1) is 17.0. The Hall–Kier alpha value is -3.86. The van der Waals surface area contributed by atoms with Crippen molar-refractivity contribution in [1.82, 2.24) is 5.43 Å². The monoisotopic (exact) mass is 519 g/mol. The first-order valence-electron chi connectivity index (χ1n) is 10.8. The van der Waals surface area contributed by atoms with Crippen molar-refractivity contribution in [3.05, 3.63) is 90.0 Å². The van der Waals surface area contributed by atoms with E-state index in [0.717, 1.165) is 12.1 Å². The van der Waals surface area contributed by atoms with E-state index in [4.69, 9.17) is 4.74 Å². The van der Waals surface area contributed by atoms with E-state index in [2.05, 4.69) is 10.5 Å². The lowest BCUT2D eigenvalue weighted by atomic mass is 10.1. The van der Waals surface area contributed by atoms with Gasteiger partial charge < -0.3 is 4.74 Å². The molecule has 3 aromatic rings. The van der Waals surface area contributed by atoms with E-state index in [1.807, 2.05) is 6.92 Å². The minimum atomic E-state index is -4.69. The third-order valence-corrected chi connectivity index (χ3v) is 6.80. The number of rotatable bonds is 9. The Balaban J connectivity index is 1.88. The van der Waals surface area contributed by atoms with Crippen LogP contribution in [-0.2, 0) is 21.0 Å². The highest BCUT2D eigenvalue weighted by Gasteiger charge is 2.33. The number of halogens is 3. The van der Waals surface area contributed by atoms with E-state index in [-0.39, 0.29) is 10.6 Å². The fraction of sp³-hybridized carbons (Fsp3) is 0.200. The van der Waals surface area contributed by atoms with Crippen LogP contribution in [0, 0.1) is 0 Å². The summed E-state index contributed by atoms with van der Waals surface area (Å²) in [5, 5.41) is 4.00. The van der Waals surface area contributed by atoms with Crippen molar-refractivity contribution in [3.8, 4) is 5.75 Å². The summed E-state index contributed by atoms with van der Waals surface area (Å²) in [6.45, 7) is 3.22. The summed E-state index contributed by atoms with van der Waals surface area (Å²) >= 11 is 0. The molecule has 3 aromatic carbocycles. The van der Waals surface area contributed by atoms with Crippen molar-refractivity contribution in [3.63, 3.8) is 0 Å². The maximum Gasteiger partial charge on any atom is 0.416 e. The number of amides is 1. The lowest BCUT2D eigenvalue weighted by molar-refractivity contribution is -0.137. The number of alkyl halides is 3. The summed E-state index contributed by atoms with van der Waals surface area (Å²) in [5.41, 5.74) is 2.04. The SMILES string of the molecule is CCOc1ccc(/C(C)=N\NC(=O)CN(c2cccc(C(F)(F)F)c2)S(=O)(=O)c2ccccc2)cc1. The van der Waals surface area contributed by atoms with Crippen LogP contribution in [-0.4, -0.2) is 33.2 Å². The van der Waals surface area contributed by atoms with Gasteiger partial charge in [0.1, 0.15) is 12.3 Å². The van der Waals surface area contributed by atoms with E-state index in [9.17, 15) is 26.4 Å². The second-order valence-electron chi connectivity index (χ2n) is 7.56. The molecule has 0 aliphatic heterocycles. The third kappa shape index (κ3) is 6.63. The Morgan fingerprint density at radius 3 is 2.28 bits per heavy atom. The lowest BCUT2D eigenvalue weighted by Crippen LogP contribution is -2.39. The first-order valence-corrected chi connectivity index (χ1v) is 12.3. The predicted octanol–water partition coefficient (Wildman–Crippen LogP) is 4.84. The molecule has 0 fully saturated rings. The zero-order valence-electron chi connectivity index (χ0n) is 19.5. The summed E-state index contributed by atoms with van der Waals surface area (Å²) in [4.78, 5) is 12.5. The molecule has 11 heteroatoms. The average molecular weight is 520 g/mol. The van der Waals surface area contributed by atoms with Gasteiger partial charge in [0.2, 0.25) is 0 Å². The molecule has 1 N–H and O–H groups in total. The number of anilines is 1. The number of ether oxygens (including phenoxy) is 1. The van der Waals surface area contributed by atoms with E-state index < -0.39 is 34.2 Å². The van der Waals surface area contributed by atoms with Crippen LogP contribution >= 0.6 is 0 Å². The van der Waals surface area contributed by atoms with Gasteiger partial charge in [-0.2, -0.15) is 18.3 Å². The van der Waals surface area contributed by atoms with Gasteiger partial charge in [-0.15, -0.1) is 0 Å². The van der Waals surface area contributed by atoms with Crippen LogP contribution in [0.1, 0.15) is 25.0 Å². The molecule has 0 aromatic heterocycles. The van der Waals surface area contributed by atoms with Crippen molar-refractivity contribution in [2.75, 3.05) is 17.5 Å². The Bertz CT molecular complexity index is 1330. The molecule has 36 heavy (non-hydrogen) atoms. The minimum Gasteiger partial charge on any atom is -0.494 e. The topological polar surface area (TPSA) is 88.1 Å². The Kier molecular flexibility index (Phi) is 8.36. The molecule has 0 aliphatic carbocycles. The van der Waals surface area contributed by atoms with Crippen LogP contribution in [0.4, 0.5) is 18.9 Å². The van der Waals surface area contributed by atoms with Crippen LogP contribution in [0.5, 0.6) is 5.75 Å². The number of nitrogens with zero attached hydrogens (tertiary/aromatic N) is 2. The van der Waals surface area contributed by atoms with Gasteiger partial charge in [-0.05, 0) is 74.0 Å². The third-order valence-electron chi connectivity index (χ3n) is 5.01. The molecule has 190 valence electrons. The average Bonchev–Trinajstić information content (AvgIpc) is 2.86. The molecule has 0 unspecified atom stereocenters. The molecular formula is C25H24F3N3O4S. The number of hydrogen-bond donors (Lipinski definition) is 1. The van der Waals surface area contributed by atoms with Crippen molar-refractivity contribution < 1.29 is 31.1 Å². The van der Waals surface area contributed by atoms with Gasteiger partial charge in [-0.25, -0.2) is 13.8 Å². The molecule has 0 saturated heterocycles. The molecular weight excluding hydrogens is 495 g/mol. The summed E-state index contributed by atoms with van der Waals surface area (Å²) < 4.78 is 72.4. The molecule has 0 saturated carbocycles. The second kappa shape index (κ2) is 11.3. The maximum atomic E-state index is 13.3. The highest BCUT2D eigenvalue weighted by molar-refractivity contribution is 7.92. The molecule has 7 nitrogen and oxygen atoms in total. The van der Waals surface area contributed by atoms with Crippen molar-refractivity contribution in [1.29, 1.82) is 0 Å². The summed E-state index contributed by atoms with van der Waals surface area (Å²) in [7, 11) is -4.37. The Morgan fingerprint density at radius 1 is 1.00 bits per heavy atom. The molecule has 3 rings (SSSR count). The fourth-order valence-electron chi connectivity index (χ4n) is 3.21. The minimum absolute atomic E-state index is 0.177. The zero-order valence-corrected chi connectivity index (χ0v) is 20.3. The summed E-state index contributed by atoms with van der Waals surface area (Å²) in [6, 6.07) is 17.9. The molecule has 0 spiro atoms. The fourth-order valence-corrected chi connectivity index (χ4v) is 4.64. The molecule has 0 bridgehead atoms. The maximum absolute atomic E-state index is 13.3. The number of nitrogens with one attached hydrogen (secondary N) is 1. The quantitative estimate of drug-likeness (QED) is 0.324. The van der Waals surface area contributed by atoms with Crippen LogP contribution in [0.2, 0.25) is 0 Å². The second-order valence-corrected chi connectivity index (χ2v) is 9.42. The van der Waals surface area contributed by atoms with Gasteiger partial charge >= 0.3 is 6.18 Å². The molecule has 0 radical (unpaired) electrons. The number of hydrazone groups is 1. The van der Waals surface area contributed by atoms with Gasteiger partial charge in [-0.3, -0.25) is 9.10 Å². The predicted molar refractivity (Wildman–Crippen MR) is 130 cm³/mol. The van der Waals surface area contributed by atoms with E-state index in [1.54, 1.807) is 37.3 Å². The van der Waals surface area contributed by atoms with Crippen LogP contribution in [0.25, 0.3) is 0 Å². The highest BCUT2D eigenvalue weighted by atomic mass is 32.2. The smallest absolute Gasteiger partial charge is 0.416 e. The number of hydrogen-bond acceptors (Lipinski definition) is 5. The summed E-state index contributed by atoms with van der Waals surface area (Å²) in [5.74, 6) is -0.168. The Labute approximate surface area is 207 Å². The van der Waals surface area contributed by atoms with Gasteiger partial charge in [0, 0.05) is 0 Å². The van der Waals surface area contributed by atoms with Crippen LogP contribution < -0.4 is 14.5 Å². The first kappa shape index (κ1) is 26.7. The Morgan fingerprint density at radius 2 is 1.67 bits per heavy atom. The number of carbonyl (C=O) groups excluding carboxylic acids is 1. The van der Waals surface area contributed by atoms with E-state index >= 15 is 0 Å². The molecule has 0 heterocycles. The molecule has 0 aliphatic rings. The standard InChI is InChI=1S/C25H24F3N3O4S/c1-3-35-22-14-12-19(13-15-22)18(2)29-30-24(32)17-31(36(33,34)23-10-5-4-6-11-23)21-9-7-8-20(16-21)25(26,27)28/h4-16H,3,17H2,1-2H3,(H,30,32)/b29-18-. The van der Waals surface area contributed by atoms with Crippen LogP contribution in [0.3, 0.4) is 0 Å². The van der Waals surface area contributed by atoms with E-state index in [0.29, 0.717) is 34.0 Å². The number of carbonyl (C=O) groups is 1. The van der Waals surface area contributed by atoms with Gasteiger partial charge in [0.15, 0.2) is 0 Å². The highest BCUT2D eigenvalue weighted by Crippen LogP contribution is 2.33. The normalized spacial score (nSPS) is 12.2. The zero-order chi connectivity index (χ0) is 26.3. The van der Waals surface area contributed by atoms with Crippen molar-refractivity contribution in [2.24, 2.45) is 5.10 Å². The van der Waals surface area contributed by atoms with Gasteiger partial charge in [-0.1, -0.05) is 24.3 Å². The lowest BCUT2D eigenvalue weighted by Gasteiger charge is -2.24.